The number of rotatable bonds is 0. The number of hydrogen-bond acceptors (Lipinski definition) is 5. The van der Waals surface area contributed by atoms with Crippen molar-refractivity contribution >= 4 is 23.1 Å². The summed E-state index contributed by atoms with van der Waals surface area (Å²) in [5.74, 6) is -0.187. The van der Waals surface area contributed by atoms with Crippen molar-refractivity contribution in [3.05, 3.63) is 12.4 Å². The van der Waals surface area contributed by atoms with Crippen molar-refractivity contribution in [1.29, 1.82) is 0 Å². The number of carbonyl (C=O) groups is 1. The topological polar surface area (TPSA) is 107 Å². The third kappa shape index (κ3) is 1.04. The van der Waals surface area contributed by atoms with Crippen LogP contribution >= 0.6 is 0 Å². The average molecular weight is 197 g/mol. The lowest BCUT2D eigenvalue weighted by atomic mass is 10.5. The molecule has 2 heterocycles. The maximum atomic E-state index is 12.7. The smallest absolute Gasteiger partial charge is 0.418 e. The summed E-state index contributed by atoms with van der Waals surface area (Å²) >= 11 is 0. The molecule has 0 atom stereocenters. The zero-order chi connectivity index (χ0) is 10.3. The van der Waals surface area contributed by atoms with E-state index in [1.807, 2.05) is 0 Å². The second-order valence-electron chi connectivity index (χ2n) is 2.45. The molecule has 8 heteroatoms. The van der Waals surface area contributed by atoms with Crippen molar-refractivity contribution < 1.29 is 14.3 Å². The van der Waals surface area contributed by atoms with Crippen LogP contribution in [-0.2, 0) is 0 Å². The quantitative estimate of drug-likeness (QED) is 0.579. The molecule has 0 spiro atoms. The number of aromatic nitrogens is 4. The molecule has 0 amide bonds. The van der Waals surface area contributed by atoms with E-state index in [9.17, 15) is 9.18 Å². The Morgan fingerprint density at radius 3 is 2.93 bits per heavy atom. The molecule has 2 aromatic heterocycles. The van der Waals surface area contributed by atoms with Gasteiger partial charge in [0.05, 0.1) is 0 Å². The van der Waals surface area contributed by atoms with E-state index in [0.29, 0.717) is 4.57 Å². The van der Waals surface area contributed by atoms with Crippen LogP contribution in [0.3, 0.4) is 0 Å². The van der Waals surface area contributed by atoms with Crippen molar-refractivity contribution in [2.24, 2.45) is 0 Å². The van der Waals surface area contributed by atoms with Gasteiger partial charge in [-0.05, 0) is 0 Å². The second-order valence-corrected chi connectivity index (χ2v) is 2.45. The molecular formula is C6H4FN5O2. The van der Waals surface area contributed by atoms with E-state index in [1.165, 1.54) is 0 Å². The second kappa shape index (κ2) is 2.62. The van der Waals surface area contributed by atoms with Crippen molar-refractivity contribution in [3.8, 4) is 0 Å². The van der Waals surface area contributed by atoms with Crippen LogP contribution in [-0.4, -0.2) is 30.7 Å². The lowest BCUT2D eigenvalue weighted by molar-refractivity contribution is 0.197. The molecule has 0 fully saturated rings. The molecule has 2 rings (SSSR count). The fraction of sp³-hybridized carbons (Fsp3) is 0. The molecule has 0 aliphatic heterocycles. The van der Waals surface area contributed by atoms with E-state index < -0.39 is 12.2 Å². The van der Waals surface area contributed by atoms with Gasteiger partial charge in [0.15, 0.2) is 17.0 Å². The lowest BCUT2D eigenvalue weighted by Crippen LogP contribution is -2.08. The molecular weight excluding hydrogens is 193 g/mol. The normalized spacial score (nSPS) is 10.6. The van der Waals surface area contributed by atoms with Gasteiger partial charge in [-0.1, -0.05) is 0 Å². The average Bonchev–Trinajstić information content (AvgIpc) is 2.47. The molecule has 0 bridgehead atoms. The van der Waals surface area contributed by atoms with Crippen molar-refractivity contribution in [2.75, 3.05) is 5.73 Å². The van der Waals surface area contributed by atoms with Gasteiger partial charge in [-0.15, -0.1) is 0 Å². The molecule has 72 valence electrons. The first-order chi connectivity index (χ1) is 6.59. The zero-order valence-electron chi connectivity index (χ0n) is 6.68. The molecule has 0 saturated heterocycles. The Labute approximate surface area is 76.0 Å². The number of anilines is 1. The monoisotopic (exact) mass is 197 g/mol. The van der Waals surface area contributed by atoms with Crippen LogP contribution in [0.5, 0.6) is 0 Å². The summed E-state index contributed by atoms with van der Waals surface area (Å²) in [6.45, 7) is 0. The number of imidazole rings is 1. The van der Waals surface area contributed by atoms with E-state index in [-0.39, 0.29) is 17.0 Å². The molecule has 0 aliphatic carbocycles. The zero-order valence-corrected chi connectivity index (χ0v) is 6.68. The van der Waals surface area contributed by atoms with Gasteiger partial charge in [-0.25, -0.2) is 14.3 Å². The largest absolute Gasteiger partial charge is 0.464 e. The van der Waals surface area contributed by atoms with Gasteiger partial charge in [0.2, 0.25) is 0 Å². The third-order valence-corrected chi connectivity index (χ3v) is 1.60. The number of carboxylic acid groups (broad SMARTS) is 1. The maximum absolute atomic E-state index is 12.7. The van der Waals surface area contributed by atoms with Gasteiger partial charge in [0, 0.05) is 0 Å². The van der Waals surface area contributed by atoms with E-state index in [1.54, 1.807) is 0 Å². The fourth-order valence-corrected chi connectivity index (χ4v) is 1.03. The number of nitrogens with two attached hydrogens (primary N) is 1. The van der Waals surface area contributed by atoms with Gasteiger partial charge < -0.3 is 10.8 Å². The predicted octanol–water partition coefficient (Wildman–Crippen LogP) is 0.0737. The molecule has 14 heavy (non-hydrogen) atoms. The SMILES string of the molecule is Nc1nc(F)nc2c1ncn2C(=O)O. The minimum absolute atomic E-state index is 0.0637. The molecule has 0 radical (unpaired) electrons. The first-order valence-electron chi connectivity index (χ1n) is 3.49. The first-order valence-corrected chi connectivity index (χ1v) is 3.49. The number of halogens is 1. The van der Waals surface area contributed by atoms with Crippen LogP contribution in [0.4, 0.5) is 15.0 Å². The third-order valence-electron chi connectivity index (χ3n) is 1.60. The minimum Gasteiger partial charge on any atom is -0.464 e. The summed E-state index contributed by atoms with van der Waals surface area (Å²) in [6.07, 6.45) is -1.42. The van der Waals surface area contributed by atoms with Gasteiger partial charge in [-0.3, -0.25) is 0 Å². The summed E-state index contributed by atoms with van der Waals surface area (Å²) in [4.78, 5) is 20.7. The van der Waals surface area contributed by atoms with Crippen LogP contribution in [0.1, 0.15) is 0 Å². The Bertz CT molecular complexity index is 522. The van der Waals surface area contributed by atoms with E-state index in [2.05, 4.69) is 15.0 Å². The predicted molar refractivity (Wildman–Crippen MR) is 43.1 cm³/mol. The highest BCUT2D eigenvalue weighted by atomic mass is 19.1. The van der Waals surface area contributed by atoms with Crippen molar-refractivity contribution in [1.82, 2.24) is 19.5 Å². The number of fused-ring (bicyclic) bond motifs is 1. The first kappa shape index (κ1) is 8.35. The molecule has 0 unspecified atom stereocenters. The minimum atomic E-state index is -1.31. The van der Waals surface area contributed by atoms with E-state index >= 15 is 0 Å². The Balaban J connectivity index is 2.85. The fourth-order valence-electron chi connectivity index (χ4n) is 1.03. The highest BCUT2D eigenvalue weighted by Crippen LogP contribution is 2.14. The maximum Gasteiger partial charge on any atom is 0.418 e. The lowest BCUT2D eigenvalue weighted by Gasteiger charge is -1.96. The number of hydrogen-bond donors (Lipinski definition) is 2. The molecule has 0 saturated carbocycles. The van der Waals surface area contributed by atoms with Gasteiger partial charge >= 0.3 is 12.2 Å². The molecule has 2 aromatic rings. The van der Waals surface area contributed by atoms with Gasteiger partial charge in [0.25, 0.3) is 0 Å². The Kier molecular flexibility index (Phi) is 1.56. The Morgan fingerprint density at radius 1 is 1.57 bits per heavy atom. The molecule has 7 nitrogen and oxygen atoms in total. The van der Waals surface area contributed by atoms with Crippen molar-refractivity contribution in [2.45, 2.75) is 0 Å². The van der Waals surface area contributed by atoms with E-state index in [4.69, 9.17) is 10.8 Å². The van der Waals surface area contributed by atoms with Crippen LogP contribution in [0, 0.1) is 6.08 Å². The molecule has 0 aliphatic rings. The van der Waals surface area contributed by atoms with Crippen LogP contribution in [0.2, 0.25) is 0 Å². The van der Waals surface area contributed by atoms with Crippen molar-refractivity contribution in [3.63, 3.8) is 0 Å². The van der Waals surface area contributed by atoms with E-state index in [0.717, 1.165) is 6.33 Å². The summed E-state index contributed by atoms with van der Waals surface area (Å²) in [5, 5.41) is 8.65. The highest BCUT2D eigenvalue weighted by Gasteiger charge is 2.14. The van der Waals surface area contributed by atoms with Crippen LogP contribution in [0.15, 0.2) is 6.33 Å². The van der Waals surface area contributed by atoms with Crippen LogP contribution in [0.25, 0.3) is 11.2 Å². The Hall–Kier alpha value is -2.25. The van der Waals surface area contributed by atoms with Gasteiger partial charge in [0.1, 0.15) is 6.33 Å². The standard InChI is InChI=1S/C6H4FN5O2/c7-5-10-3(8)2-4(11-5)12(1-9-2)6(13)14/h1H,(H,13,14)(H2,8,10,11). The van der Waals surface area contributed by atoms with Crippen LogP contribution < -0.4 is 5.73 Å². The van der Waals surface area contributed by atoms with Gasteiger partial charge in [-0.2, -0.15) is 14.4 Å². The highest BCUT2D eigenvalue weighted by molar-refractivity contribution is 5.88. The number of nitrogens with zero attached hydrogens (tertiary/aromatic N) is 4. The summed E-state index contributed by atoms with van der Waals surface area (Å²) < 4.78 is 13.3. The molecule has 0 aromatic carbocycles. The molecule has 3 N–H and O–H groups in total. The summed E-state index contributed by atoms with van der Waals surface area (Å²) in [5.41, 5.74) is 5.21. The summed E-state index contributed by atoms with van der Waals surface area (Å²) in [6, 6.07) is 0. The number of nitrogen functional groups attached to an aromatic ring is 1. The Morgan fingerprint density at radius 2 is 2.29 bits per heavy atom. The summed E-state index contributed by atoms with van der Waals surface area (Å²) in [7, 11) is 0.